The van der Waals surface area contributed by atoms with Crippen LogP contribution in [0, 0.1) is 0 Å². The van der Waals surface area contributed by atoms with Crippen molar-refractivity contribution in [2.24, 2.45) is 0 Å². The van der Waals surface area contributed by atoms with Gasteiger partial charge in [0.15, 0.2) is 0 Å². The smallest absolute Gasteiger partial charge is 0.136 e. The first-order valence-corrected chi connectivity index (χ1v) is 19.9. The van der Waals surface area contributed by atoms with E-state index in [0.29, 0.717) is 0 Å². The number of para-hydroxylation sites is 4. The molecule has 0 radical (unpaired) electrons. The van der Waals surface area contributed by atoms with Gasteiger partial charge in [-0.1, -0.05) is 133 Å². The van der Waals surface area contributed by atoms with Crippen LogP contribution in [0.3, 0.4) is 0 Å². The van der Waals surface area contributed by atoms with Crippen molar-refractivity contribution in [2.45, 2.75) is 0 Å². The third kappa shape index (κ3) is 3.30. The van der Waals surface area contributed by atoms with E-state index in [2.05, 4.69) is 179 Å². The fourth-order valence-corrected chi connectivity index (χ4v) is 11.1. The van der Waals surface area contributed by atoms with Gasteiger partial charge in [-0.15, -0.1) is 0 Å². The number of furan rings is 2. The van der Waals surface area contributed by atoms with Crippen molar-refractivity contribution in [2.75, 3.05) is 0 Å². The average molecular weight is 737 g/mol. The van der Waals surface area contributed by atoms with Crippen LogP contribution in [0.1, 0.15) is 0 Å². The Labute approximate surface area is 328 Å². The maximum Gasteiger partial charge on any atom is 0.136 e. The molecule has 266 valence electrons. The van der Waals surface area contributed by atoms with Gasteiger partial charge in [-0.25, -0.2) is 0 Å². The summed E-state index contributed by atoms with van der Waals surface area (Å²) in [6.45, 7) is 0. The van der Waals surface area contributed by atoms with E-state index < -0.39 is 0 Å². The standard InChI is InChI=1S/C54H28N2O2/c1-3-15-29(16-4-1)43-49-35-27-41-45(33-21-9-13-25-39(33)57-41)47-31-19-7-11-23-37(31)55(51(35)47)53(49)44(30-17-5-2-6-18-30)54-50(43)36-28-42-46(34-22-10-14-26-40(34)58-42)48-32-20-8-12-24-38(32)56(54)52(36)48/h1-28H. The van der Waals surface area contributed by atoms with E-state index in [-0.39, 0.29) is 0 Å². The zero-order chi connectivity index (χ0) is 37.4. The van der Waals surface area contributed by atoms with Crippen LogP contribution in [0.15, 0.2) is 179 Å². The molecule has 0 fully saturated rings. The monoisotopic (exact) mass is 736 g/mol. The van der Waals surface area contributed by atoms with Crippen LogP contribution >= 0.6 is 0 Å². The predicted molar refractivity (Wildman–Crippen MR) is 241 cm³/mol. The van der Waals surface area contributed by atoms with Crippen LogP contribution in [0.4, 0.5) is 0 Å². The summed E-state index contributed by atoms with van der Waals surface area (Å²) in [6.07, 6.45) is 0. The number of benzene rings is 9. The molecule has 0 saturated carbocycles. The van der Waals surface area contributed by atoms with Gasteiger partial charge in [-0.3, -0.25) is 0 Å². The summed E-state index contributed by atoms with van der Waals surface area (Å²) < 4.78 is 18.8. The van der Waals surface area contributed by atoms with Crippen molar-refractivity contribution in [3.63, 3.8) is 0 Å². The molecule has 0 aliphatic rings. The second-order valence-corrected chi connectivity index (χ2v) is 15.9. The molecule has 0 saturated heterocycles. The molecule has 15 aromatic rings. The third-order valence-corrected chi connectivity index (χ3v) is 13.1. The summed E-state index contributed by atoms with van der Waals surface area (Å²) in [5.41, 5.74) is 15.6. The number of aromatic nitrogens is 2. The van der Waals surface area contributed by atoms with Gasteiger partial charge >= 0.3 is 0 Å². The molecule has 15 rings (SSSR count). The third-order valence-electron chi connectivity index (χ3n) is 13.1. The number of hydrogen-bond donors (Lipinski definition) is 0. The van der Waals surface area contributed by atoms with Crippen LogP contribution in [0.25, 0.3) is 142 Å². The Morgan fingerprint density at radius 3 is 1.16 bits per heavy atom. The topological polar surface area (TPSA) is 35.1 Å². The van der Waals surface area contributed by atoms with E-state index in [9.17, 15) is 0 Å². The predicted octanol–water partition coefficient (Wildman–Crippen LogP) is 15.1. The fourth-order valence-electron chi connectivity index (χ4n) is 11.1. The highest BCUT2D eigenvalue weighted by Crippen LogP contribution is 2.56. The van der Waals surface area contributed by atoms with E-state index in [4.69, 9.17) is 8.83 Å². The van der Waals surface area contributed by atoms with E-state index in [1.54, 1.807) is 0 Å². The normalized spacial score (nSPS) is 12.8. The summed E-state index contributed by atoms with van der Waals surface area (Å²) in [4.78, 5) is 0. The first-order valence-electron chi connectivity index (χ1n) is 19.9. The average Bonchev–Trinajstić information content (AvgIpc) is 4.12. The van der Waals surface area contributed by atoms with Crippen LogP contribution < -0.4 is 0 Å². The summed E-state index contributed by atoms with van der Waals surface area (Å²) in [6, 6.07) is 61.5. The lowest BCUT2D eigenvalue weighted by molar-refractivity contribution is 0.669. The zero-order valence-corrected chi connectivity index (χ0v) is 30.9. The van der Waals surface area contributed by atoms with Crippen LogP contribution in [-0.4, -0.2) is 8.80 Å². The van der Waals surface area contributed by atoms with Crippen molar-refractivity contribution in [3.8, 4) is 22.3 Å². The van der Waals surface area contributed by atoms with Gasteiger partial charge in [0.25, 0.3) is 0 Å². The Bertz CT molecular complexity index is 4000. The highest BCUT2D eigenvalue weighted by Gasteiger charge is 2.32. The molecule has 4 nitrogen and oxygen atoms in total. The number of hydrogen-bond acceptors (Lipinski definition) is 2. The number of rotatable bonds is 2. The SMILES string of the molecule is c1ccc(-c2c3c4cc5oc6ccccc6c5c5c6ccccc6n(c3c(-c3ccccc3)c3c2c2cc6oc7ccccc7c6c6c7ccccc7n3c26)c45)cc1. The van der Waals surface area contributed by atoms with Crippen molar-refractivity contribution >= 4 is 120 Å². The van der Waals surface area contributed by atoms with Gasteiger partial charge in [0, 0.05) is 75.8 Å². The maximum atomic E-state index is 6.80. The second kappa shape index (κ2) is 10.1. The molecule has 6 aromatic heterocycles. The Balaban J connectivity index is 1.34. The van der Waals surface area contributed by atoms with E-state index in [1.807, 2.05) is 0 Å². The molecule has 0 aliphatic carbocycles. The minimum absolute atomic E-state index is 0.906. The first kappa shape index (κ1) is 29.5. The molecule has 0 aliphatic heterocycles. The highest BCUT2D eigenvalue weighted by atomic mass is 16.3. The summed E-state index contributed by atoms with van der Waals surface area (Å²) in [5.74, 6) is 0. The van der Waals surface area contributed by atoms with E-state index in [0.717, 1.165) is 33.1 Å². The van der Waals surface area contributed by atoms with Crippen LogP contribution in [0.2, 0.25) is 0 Å². The molecule has 58 heavy (non-hydrogen) atoms. The first-order chi connectivity index (χ1) is 28.8. The maximum absolute atomic E-state index is 6.80. The fraction of sp³-hybridized carbons (Fsp3) is 0. The lowest BCUT2D eigenvalue weighted by atomic mass is 9.88. The molecule has 0 bridgehead atoms. The molecular weight excluding hydrogens is 709 g/mol. The lowest BCUT2D eigenvalue weighted by Gasteiger charge is -2.15. The van der Waals surface area contributed by atoms with Gasteiger partial charge in [-0.2, -0.15) is 0 Å². The van der Waals surface area contributed by atoms with Gasteiger partial charge in [-0.05, 0) is 47.5 Å². The second-order valence-electron chi connectivity index (χ2n) is 15.9. The summed E-state index contributed by atoms with van der Waals surface area (Å²) in [5, 5.41) is 14.4. The van der Waals surface area contributed by atoms with Crippen molar-refractivity contribution in [3.05, 3.63) is 170 Å². The molecular formula is C54H28N2O2. The molecule has 0 N–H and O–H groups in total. The molecule has 6 heterocycles. The Morgan fingerprint density at radius 1 is 0.276 bits per heavy atom. The van der Waals surface area contributed by atoms with Crippen molar-refractivity contribution in [1.82, 2.24) is 8.80 Å². The number of nitrogens with zero attached hydrogens (tertiary/aromatic N) is 2. The van der Waals surface area contributed by atoms with Crippen LogP contribution in [-0.2, 0) is 0 Å². The van der Waals surface area contributed by atoms with Crippen molar-refractivity contribution in [1.29, 1.82) is 0 Å². The molecule has 0 unspecified atom stereocenters. The van der Waals surface area contributed by atoms with E-state index >= 15 is 0 Å². The molecule has 0 spiro atoms. The van der Waals surface area contributed by atoms with Gasteiger partial charge in [0.1, 0.15) is 22.3 Å². The molecule has 0 amide bonds. The molecule has 0 atom stereocenters. The van der Waals surface area contributed by atoms with Crippen molar-refractivity contribution < 1.29 is 8.83 Å². The van der Waals surface area contributed by atoms with Gasteiger partial charge < -0.3 is 17.6 Å². The van der Waals surface area contributed by atoms with Gasteiger partial charge in [0.2, 0.25) is 0 Å². The zero-order valence-electron chi connectivity index (χ0n) is 30.9. The van der Waals surface area contributed by atoms with Crippen LogP contribution in [0.5, 0.6) is 0 Å². The Hall–Kier alpha value is -7.82. The Kier molecular flexibility index (Phi) is 5.14. The lowest BCUT2D eigenvalue weighted by Crippen LogP contribution is -1.93. The van der Waals surface area contributed by atoms with Gasteiger partial charge in [0.05, 0.1) is 33.1 Å². The quantitative estimate of drug-likeness (QED) is 0.177. The number of fused-ring (bicyclic) bond motifs is 20. The largest absolute Gasteiger partial charge is 0.456 e. The Morgan fingerprint density at radius 2 is 0.672 bits per heavy atom. The highest BCUT2D eigenvalue weighted by molar-refractivity contribution is 6.43. The summed E-state index contributed by atoms with van der Waals surface area (Å²) in [7, 11) is 0. The minimum atomic E-state index is 0.906. The minimum Gasteiger partial charge on any atom is -0.456 e. The molecule has 4 heteroatoms. The molecule has 9 aromatic carbocycles. The summed E-state index contributed by atoms with van der Waals surface area (Å²) >= 11 is 0. The van der Waals surface area contributed by atoms with E-state index in [1.165, 1.54) is 109 Å².